The minimum absolute atomic E-state index is 0. The maximum atomic E-state index is 10.4. The molecule has 0 fully saturated rings. The van der Waals surface area contributed by atoms with Crippen LogP contribution in [0.4, 0.5) is 0 Å². The Morgan fingerprint density at radius 2 is 1.09 bits per heavy atom. The molecule has 0 rings (SSSR count). The summed E-state index contributed by atoms with van der Waals surface area (Å²) in [5.41, 5.74) is 0. The van der Waals surface area contributed by atoms with Crippen molar-refractivity contribution < 1.29 is 13.0 Å². The van der Waals surface area contributed by atoms with E-state index in [2.05, 4.69) is 23.1 Å². The fourth-order valence-electron chi connectivity index (χ4n) is 1.98. The van der Waals surface area contributed by atoms with E-state index in [1.807, 2.05) is 0 Å². The van der Waals surface area contributed by atoms with Crippen LogP contribution in [-0.4, -0.2) is 54.4 Å². The van der Waals surface area contributed by atoms with Crippen molar-refractivity contribution in [3.63, 3.8) is 0 Å². The van der Waals surface area contributed by atoms with E-state index >= 15 is 0 Å². The van der Waals surface area contributed by atoms with Crippen LogP contribution in [0.3, 0.4) is 0 Å². The second-order valence-corrected chi connectivity index (χ2v) is 7.76. The van der Waals surface area contributed by atoms with Gasteiger partial charge in [0.2, 0.25) is 0 Å². The topological polar surface area (TPSA) is 54.4 Å². The van der Waals surface area contributed by atoms with Crippen molar-refractivity contribution >= 4 is 48.9 Å². The van der Waals surface area contributed by atoms with Crippen molar-refractivity contribution in [3.8, 4) is 0 Å². The van der Waals surface area contributed by atoms with Crippen LogP contribution >= 0.6 is 9.24 Å². The Bertz CT molecular complexity index is 283. The van der Waals surface area contributed by atoms with Gasteiger partial charge in [0.25, 0.3) is 10.1 Å². The van der Waals surface area contributed by atoms with Crippen LogP contribution in [0.15, 0.2) is 0 Å². The summed E-state index contributed by atoms with van der Waals surface area (Å²) in [5.74, 6) is -0.0799. The van der Waals surface area contributed by atoms with Gasteiger partial charge in [-0.15, -0.1) is 9.24 Å². The van der Waals surface area contributed by atoms with Crippen molar-refractivity contribution in [1.29, 1.82) is 0 Å². The summed E-state index contributed by atoms with van der Waals surface area (Å²) in [6.45, 7) is 4.42. The van der Waals surface area contributed by atoms with Gasteiger partial charge in [-0.2, -0.15) is 8.42 Å². The molecule has 0 aromatic rings. The molecule has 0 amide bonds. The van der Waals surface area contributed by atoms with E-state index in [1.54, 1.807) is 0 Å². The predicted molar refractivity (Wildman–Crippen MR) is 105 cm³/mol. The molecule has 0 radical (unpaired) electrons. The van der Waals surface area contributed by atoms with Gasteiger partial charge in [-0.25, -0.2) is 0 Å². The van der Waals surface area contributed by atoms with Crippen LogP contribution in [0.5, 0.6) is 0 Å². The second kappa shape index (κ2) is 22.3. The molecule has 0 aromatic heterocycles. The minimum atomic E-state index is -3.73. The van der Waals surface area contributed by atoms with Crippen LogP contribution < -0.4 is 0 Å². The first-order valence-corrected chi connectivity index (χ1v) is 11.1. The van der Waals surface area contributed by atoms with Gasteiger partial charge < -0.3 is 0 Å². The van der Waals surface area contributed by atoms with Crippen LogP contribution in [0.1, 0.15) is 90.9 Å². The molecular weight excluding hydrogens is 326 g/mol. The van der Waals surface area contributed by atoms with Crippen LogP contribution in [0.2, 0.25) is 0 Å². The molecule has 0 bridgehead atoms. The Morgan fingerprint density at radius 3 is 1.36 bits per heavy atom. The van der Waals surface area contributed by atoms with Crippen LogP contribution in [0, 0.1) is 0 Å². The Hall–Kier alpha value is 1.34. The first kappa shape index (κ1) is 28.2. The fraction of sp³-hybridized carbons (Fsp3) is 1.00. The number of unbranched alkanes of at least 4 members (excludes halogenated alkanes) is 10. The van der Waals surface area contributed by atoms with E-state index < -0.39 is 10.1 Å². The Labute approximate surface area is 164 Å². The summed E-state index contributed by atoms with van der Waals surface area (Å²) in [7, 11) is -1.03. The molecule has 0 spiro atoms. The summed E-state index contributed by atoms with van der Waals surface area (Å²) < 4.78 is 29.4. The van der Waals surface area contributed by atoms with Gasteiger partial charge in [-0.3, -0.25) is 4.55 Å². The zero-order chi connectivity index (χ0) is 16.4. The zero-order valence-electron chi connectivity index (χ0n) is 14.1. The molecular formula is C16H38NaO3PS. The monoisotopic (exact) mass is 364 g/mol. The third kappa shape index (κ3) is 33.1. The van der Waals surface area contributed by atoms with Gasteiger partial charge >= 0.3 is 29.6 Å². The molecule has 0 aliphatic heterocycles. The first-order chi connectivity index (χ1) is 9.97. The van der Waals surface area contributed by atoms with Crippen molar-refractivity contribution in [3.05, 3.63) is 0 Å². The SMILES string of the molecule is CCCCCCCCCCCCS(=O)(=O)O.CCCCP.[NaH]. The van der Waals surface area contributed by atoms with E-state index in [4.69, 9.17) is 4.55 Å². The quantitative estimate of drug-likeness (QED) is 0.221. The van der Waals surface area contributed by atoms with Gasteiger partial charge in [0.1, 0.15) is 0 Å². The molecule has 0 aromatic carbocycles. The fourth-order valence-corrected chi connectivity index (χ4v) is 2.95. The summed E-state index contributed by atoms with van der Waals surface area (Å²) in [4.78, 5) is 0. The van der Waals surface area contributed by atoms with E-state index in [0.29, 0.717) is 6.42 Å². The molecule has 0 aliphatic rings. The van der Waals surface area contributed by atoms with Crippen LogP contribution in [-0.2, 0) is 10.1 Å². The predicted octanol–water partition coefficient (Wildman–Crippen LogP) is 4.81. The summed E-state index contributed by atoms with van der Waals surface area (Å²) in [6, 6.07) is 0. The molecule has 1 N–H and O–H groups in total. The molecule has 1 unspecified atom stereocenters. The van der Waals surface area contributed by atoms with E-state index in [-0.39, 0.29) is 35.3 Å². The zero-order valence-corrected chi connectivity index (χ0v) is 16.1. The Morgan fingerprint density at radius 1 is 0.727 bits per heavy atom. The Kier molecular flexibility index (Phi) is 28.6. The van der Waals surface area contributed by atoms with Crippen molar-refractivity contribution in [2.75, 3.05) is 11.9 Å². The molecule has 132 valence electrons. The number of rotatable bonds is 13. The molecule has 22 heavy (non-hydrogen) atoms. The molecule has 6 heteroatoms. The normalized spacial score (nSPS) is 10.5. The van der Waals surface area contributed by atoms with Gasteiger partial charge in [0, 0.05) is 0 Å². The molecule has 0 saturated carbocycles. The molecule has 0 aliphatic carbocycles. The van der Waals surface area contributed by atoms with E-state index in [1.165, 1.54) is 63.9 Å². The Balaban J connectivity index is -0.000000520. The van der Waals surface area contributed by atoms with E-state index in [9.17, 15) is 8.42 Å². The average Bonchev–Trinajstić information content (AvgIpc) is 2.41. The summed E-state index contributed by atoms with van der Waals surface area (Å²) >= 11 is 0. The molecule has 0 heterocycles. The van der Waals surface area contributed by atoms with Crippen molar-refractivity contribution in [2.24, 2.45) is 0 Å². The van der Waals surface area contributed by atoms with Crippen molar-refractivity contribution in [1.82, 2.24) is 0 Å². The van der Waals surface area contributed by atoms with Gasteiger partial charge in [0.05, 0.1) is 5.75 Å². The molecule has 3 nitrogen and oxygen atoms in total. The van der Waals surface area contributed by atoms with Gasteiger partial charge in [0.15, 0.2) is 0 Å². The van der Waals surface area contributed by atoms with E-state index in [0.717, 1.165) is 12.8 Å². The van der Waals surface area contributed by atoms with Crippen LogP contribution in [0.25, 0.3) is 0 Å². The third-order valence-corrected chi connectivity index (χ3v) is 4.53. The van der Waals surface area contributed by atoms with Crippen molar-refractivity contribution in [2.45, 2.75) is 90.9 Å². The third-order valence-electron chi connectivity index (χ3n) is 3.31. The van der Waals surface area contributed by atoms with Gasteiger partial charge in [-0.1, -0.05) is 84.5 Å². The number of hydrogen-bond acceptors (Lipinski definition) is 2. The van der Waals surface area contributed by atoms with Gasteiger partial charge in [-0.05, 0) is 12.6 Å². The standard InChI is InChI=1S/C12H26O3S.C4H11P.Na.H/c1-2-3-4-5-6-7-8-9-10-11-12-16(13,14)15;1-2-3-4-5;;/h2-12H2,1H3,(H,13,14,15);2-5H2,1H3;;. The molecule has 1 atom stereocenters. The maximum absolute atomic E-state index is 10.4. The molecule has 0 saturated heterocycles. The second-order valence-electron chi connectivity index (χ2n) is 5.61. The first-order valence-electron chi connectivity index (χ1n) is 8.63. The summed E-state index contributed by atoms with van der Waals surface area (Å²) in [6.07, 6.45) is 15.6. The summed E-state index contributed by atoms with van der Waals surface area (Å²) in [5, 5.41) is 0. The average molecular weight is 365 g/mol. The number of hydrogen-bond donors (Lipinski definition) is 1.